The molecule has 1 heterocycles. The van der Waals surface area contributed by atoms with Crippen molar-refractivity contribution in [2.75, 3.05) is 13.1 Å². The van der Waals surface area contributed by atoms with Crippen molar-refractivity contribution in [2.24, 2.45) is 17.8 Å². The highest BCUT2D eigenvalue weighted by Crippen LogP contribution is 2.24. The van der Waals surface area contributed by atoms with Gasteiger partial charge in [-0.1, -0.05) is 53.4 Å². The van der Waals surface area contributed by atoms with Crippen LogP contribution in [0.2, 0.25) is 0 Å². The summed E-state index contributed by atoms with van der Waals surface area (Å²) in [6.07, 6.45) is 8.64. The van der Waals surface area contributed by atoms with E-state index in [0.29, 0.717) is 11.8 Å². The van der Waals surface area contributed by atoms with Gasteiger partial charge in [-0.15, -0.1) is 0 Å². The van der Waals surface area contributed by atoms with Gasteiger partial charge in [0.1, 0.15) is 0 Å². The fourth-order valence-corrected chi connectivity index (χ4v) is 3.01. The van der Waals surface area contributed by atoms with Gasteiger partial charge in [-0.3, -0.25) is 4.79 Å². The number of hydrogen-bond acceptors (Lipinski definition) is 1. The average molecular weight is 267 g/mol. The predicted molar refractivity (Wildman–Crippen MR) is 82.1 cm³/mol. The van der Waals surface area contributed by atoms with Gasteiger partial charge in [-0.05, 0) is 31.1 Å². The van der Waals surface area contributed by atoms with E-state index < -0.39 is 0 Å². The summed E-state index contributed by atoms with van der Waals surface area (Å²) < 4.78 is 0. The summed E-state index contributed by atoms with van der Waals surface area (Å²) in [7, 11) is 0. The first kappa shape index (κ1) is 16.5. The number of hydrogen-bond donors (Lipinski definition) is 0. The van der Waals surface area contributed by atoms with Crippen molar-refractivity contribution < 1.29 is 4.79 Å². The van der Waals surface area contributed by atoms with Crippen LogP contribution >= 0.6 is 0 Å². The van der Waals surface area contributed by atoms with Crippen LogP contribution in [0.3, 0.4) is 0 Å². The summed E-state index contributed by atoms with van der Waals surface area (Å²) in [5, 5.41) is 0. The van der Waals surface area contributed by atoms with Gasteiger partial charge in [0, 0.05) is 19.0 Å². The molecule has 0 aromatic carbocycles. The van der Waals surface area contributed by atoms with E-state index in [-0.39, 0.29) is 5.92 Å². The largest absolute Gasteiger partial charge is 0.342 e. The summed E-state index contributed by atoms with van der Waals surface area (Å²) in [6, 6.07) is 0. The monoisotopic (exact) mass is 267 g/mol. The molecule has 0 N–H and O–H groups in total. The first-order valence-corrected chi connectivity index (χ1v) is 8.31. The maximum absolute atomic E-state index is 12.5. The number of carbonyl (C=O) groups is 1. The Bertz CT molecular complexity index is 254. The van der Waals surface area contributed by atoms with E-state index in [0.717, 1.165) is 25.4 Å². The Morgan fingerprint density at radius 2 is 1.53 bits per heavy atom. The SMILES string of the molecule is CC(C)CCCCCC(C(=O)N1CCCC1)C(C)C. The topological polar surface area (TPSA) is 20.3 Å². The second-order valence-corrected chi connectivity index (χ2v) is 6.91. The maximum atomic E-state index is 12.5. The summed E-state index contributed by atoms with van der Waals surface area (Å²) in [5.41, 5.74) is 0. The number of nitrogens with zero attached hydrogens (tertiary/aromatic N) is 1. The smallest absolute Gasteiger partial charge is 0.225 e. The van der Waals surface area contributed by atoms with Gasteiger partial charge in [0.25, 0.3) is 0 Å². The molecule has 0 aliphatic carbocycles. The molecule has 0 aromatic heterocycles. The number of amides is 1. The fraction of sp³-hybridized carbons (Fsp3) is 0.941. The average Bonchev–Trinajstić information content (AvgIpc) is 2.85. The molecule has 0 spiro atoms. The first-order valence-electron chi connectivity index (χ1n) is 8.31. The van der Waals surface area contributed by atoms with Crippen LogP contribution in [-0.2, 0) is 4.79 Å². The lowest BCUT2D eigenvalue weighted by Crippen LogP contribution is -2.36. The van der Waals surface area contributed by atoms with E-state index in [1.165, 1.54) is 38.5 Å². The minimum atomic E-state index is 0.261. The van der Waals surface area contributed by atoms with Crippen LogP contribution in [-0.4, -0.2) is 23.9 Å². The minimum Gasteiger partial charge on any atom is -0.342 e. The molecular formula is C17H33NO. The van der Waals surface area contributed by atoms with E-state index in [1.807, 2.05) is 0 Å². The summed E-state index contributed by atoms with van der Waals surface area (Å²) in [4.78, 5) is 14.6. The Balaban J connectivity index is 2.29. The molecule has 19 heavy (non-hydrogen) atoms. The molecule has 2 heteroatoms. The number of rotatable bonds is 8. The Morgan fingerprint density at radius 1 is 0.947 bits per heavy atom. The third-order valence-electron chi connectivity index (χ3n) is 4.34. The summed E-state index contributed by atoms with van der Waals surface area (Å²) in [6.45, 7) is 11.0. The lowest BCUT2D eigenvalue weighted by Gasteiger charge is -2.26. The van der Waals surface area contributed by atoms with E-state index in [9.17, 15) is 4.79 Å². The molecule has 1 aliphatic rings. The lowest BCUT2D eigenvalue weighted by molar-refractivity contribution is -0.136. The van der Waals surface area contributed by atoms with Crippen molar-refractivity contribution in [3.05, 3.63) is 0 Å². The molecule has 1 rings (SSSR count). The molecule has 1 amide bonds. The third kappa shape index (κ3) is 5.97. The molecule has 1 aliphatic heterocycles. The Kier molecular flexibility index (Phi) is 7.48. The molecule has 2 nitrogen and oxygen atoms in total. The summed E-state index contributed by atoms with van der Waals surface area (Å²) in [5.74, 6) is 1.99. The number of likely N-dealkylation sites (tertiary alicyclic amines) is 1. The van der Waals surface area contributed by atoms with Crippen molar-refractivity contribution in [1.29, 1.82) is 0 Å². The molecule has 0 bridgehead atoms. The van der Waals surface area contributed by atoms with Gasteiger partial charge in [-0.2, -0.15) is 0 Å². The molecule has 1 fully saturated rings. The van der Waals surface area contributed by atoms with Gasteiger partial charge in [0.15, 0.2) is 0 Å². The Morgan fingerprint density at radius 3 is 2.05 bits per heavy atom. The molecule has 1 atom stereocenters. The standard InChI is InChI=1S/C17H33NO/c1-14(2)10-6-5-7-11-16(15(3)4)17(19)18-12-8-9-13-18/h14-16H,5-13H2,1-4H3. The van der Waals surface area contributed by atoms with Crippen molar-refractivity contribution in [3.8, 4) is 0 Å². The highest BCUT2D eigenvalue weighted by Gasteiger charge is 2.28. The van der Waals surface area contributed by atoms with E-state index >= 15 is 0 Å². The second kappa shape index (κ2) is 8.60. The van der Waals surface area contributed by atoms with Gasteiger partial charge in [0.05, 0.1) is 0 Å². The van der Waals surface area contributed by atoms with Gasteiger partial charge in [-0.25, -0.2) is 0 Å². The minimum absolute atomic E-state index is 0.261. The molecule has 112 valence electrons. The van der Waals surface area contributed by atoms with Crippen LogP contribution in [0, 0.1) is 17.8 Å². The van der Waals surface area contributed by atoms with E-state index in [2.05, 4.69) is 32.6 Å². The molecule has 1 unspecified atom stereocenters. The highest BCUT2D eigenvalue weighted by molar-refractivity contribution is 5.79. The number of unbranched alkanes of at least 4 members (excludes halogenated alkanes) is 2. The van der Waals surface area contributed by atoms with Gasteiger partial charge >= 0.3 is 0 Å². The molecular weight excluding hydrogens is 234 g/mol. The summed E-state index contributed by atoms with van der Waals surface area (Å²) >= 11 is 0. The zero-order valence-electron chi connectivity index (χ0n) is 13.5. The Labute approximate surface area is 119 Å². The quantitative estimate of drug-likeness (QED) is 0.593. The molecule has 0 saturated carbocycles. The van der Waals surface area contributed by atoms with Crippen molar-refractivity contribution in [1.82, 2.24) is 4.90 Å². The van der Waals surface area contributed by atoms with Gasteiger partial charge in [0.2, 0.25) is 5.91 Å². The normalized spacial score (nSPS) is 17.5. The predicted octanol–water partition coefficient (Wildman–Crippen LogP) is 4.49. The van der Waals surface area contributed by atoms with Crippen LogP contribution in [0.5, 0.6) is 0 Å². The molecule has 1 saturated heterocycles. The van der Waals surface area contributed by atoms with Crippen molar-refractivity contribution in [3.63, 3.8) is 0 Å². The van der Waals surface area contributed by atoms with E-state index in [4.69, 9.17) is 0 Å². The van der Waals surface area contributed by atoms with Gasteiger partial charge < -0.3 is 4.90 Å². The lowest BCUT2D eigenvalue weighted by atomic mass is 9.88. The van der Waals surface area contributed by atoms with Crippen LogP contribution in [0.1, 0.15) is 72.6 Å². The number of carbonyl (C=O) groups excluding carboxylic acids is 1. The van der Waals surface area contributed by atoms with Crippen LogP contribution in [0.25, 0.3) is 0 Å². The van der Waals surface area contributed by atoms with Crippen molar-refractivity contribution >= 4 is 5.91 Å². The van der Waals surface area contributed by atoms with Crippen LogP contribution in [0.15, 0.2) is 0 Å². The molecule has 0 radical (unpaired) electrons. The zero-order chi connectivity index (χ0) is 14.3. The highest BCUT2D eigenvalue weighted by atomic mass is 16.2. The van der Waals surface area contributed by atoms with Crippen LogP contribution < -0.4 is 0 Å². The van der Waals surface area contributed by atoms with Crippen molar-refractivity contribution in [2.45, 2.75) is 72.6 Å². The van der Waals surface area contributed by atoms with Crippen LogP contribution in [0.4, 0.5) is 0 Å². The fourth-order valence-electron chi connectivity index (χ4n) is 3.01. The third-order valence-corrected chi connectivity index (χ3v) is 4.34. The Hall–Kier alpha value is -0.530. The van der Waals surface area contributed by atoms with E-state index in [1.54, 1.807) is 0 Å². The maximum Gasteiger partial charge on any atom is 0.225 e. The molecule has 0 aromatic rings. The zero-order valence-corrected chi connectivity index (χ0v) is 13.5. The first-order chi connectivity index (χ1) is 9.02. The second-order valence-electron chi connectivity index (χ2n) is 6.91.